The molecule has 0 aliphatic rings. The van der Waals surface area contributed by atoms with Gasteiger partial charge in [-0.25, -0.2) is 4.79 Å². The van der Waals surface area contributed by atoms with Gasteiger partial charge in [-0.15, -0.1) is 4.37 Å². The fraction of sp³-hybridized carbons (Fsp3) is 0.0909. The Kier molecular flexibility index (Phi) is 4.49. The van der Waals surface area contributed by atoms with Crippen molar-refractivity contribution in [2.75, 3.05) is 12.4 Å². The Morgan fingerprint density at radius 2 is 2.00 bits per heavy atom. The highest BCUT2D eigenvalue weighted by Gasteiger charge is 2.09. The van der Waals surface area contributed by atoms with E-state index in [2.05, 4.69) is 19.4 Å². The third kappa shape index (κ3) is 3.43. The maximum absolute atomic E-state index is 11.6. The van der Waals surface area contributed by atoms with Gasteiger partial charge >= 0.3 is 6.03 Å². The lowest BCUT2D eigenvalue weighted by molar-refractivity contribution is 0.254. The van der Waals surface area contributed by atoms with Gasteiger partial charge in [0.05, 0.1) is 11.7 Å². The van der Waals surface area contributed by atoms with Gasteiger partial charge < -0.3 is 15.4 Å². The standard InChI is InChI=1S/C11H9ClN4O3S/c1-13-11(18)14-6-2-4-7(5-3-6)19-10-8(17)9(12)15-20-16-10/h2-5H,1H3,(H2,13,14,18). The van der Waals surface area contributed by atoms with Crippen LogP contribution in [0.25, 0.3) is 0 Å². The number of urea groups is 1. The molecule has 2 rings (SSSR count). The summed E-state index contributed by atoms with van der Waals surface area (Å²) in [6.45, 7) is 0. The predicted molar refractivity (Wildman–Crippen MR) is 75.8 cm³/mol. The Morgan fingerprint density at radius 1 is 1.30 bits per heavy atom. The van der Waals surface area contributed by atoms with Crippen LogP contribution < -0.4 is 20.8 Å². The highest BCUT2D eigenvalue weighted by molar-refractivity contribution is 6.99. The van der Waals surface area contributed by atoms with Crippen LogP contribution in [0.3, 0.4) is 0 Å². The van der Waals surface area contributed by atoms with Gasteiger partial charge in [-0.2, -0.15) is 4.37 Å². The monoisotopic (exact) mass is 312 g/mol. The Bertz CT molecular complexity index is 674. The maximum atomic E-state index is 11.6. The molecule has 9 heteroatoms. The normalized spacial score (nSPS) is 9.90. The van der Waals surface area contributed by atoms with E-state index in [9.17, 15) is 9.59 Å². The van der Waals surface area contributed by atoms with Crippen LogP contribution in [0.2, 0.25) is 5.15 Å². The lowest BCUT2D eigenvalue weighted by atomic mass is 10.3. The minimum atomic E-state index is -0.571. The third-order valence-electron chi connectivity index (χ3n) is 2.18. The van der Waals surface area contributed by atoms with E-state index >= 15 is 0 Å². The van der Waals surface area contributed by atoms with E-state index < -0.39 is 5.43 Å². The summed E-state index contributed by atoms with van der Waals surface area (Å²) in [6.07, 6.45) is 0. The van der Waals surface area contributed by atoms with E-state index in [1.807, 2.05) is 0 Å². The van der Waals surface area contributed by atoms with Crippen LogP contribution in [0.4, 0.5) is 10.5 Å². The summed E-state index contributed by atoms with van der Waals surface area (Å²) in [5.41, 5.74) is 0.0144. The molecule has 0 bridgehead atoms. The molecule has 2 N–H and O–H groups in total. The van der Waals surface area contributed by atoms with E-state index in [0.717, 1.165) is 11.7 Å². The van der Waals surface area contributed by atoms with Crippen LogP contribution in [-0.4, -0.2) is 21.8 Å². The zero-order valence-corrected chi connectivity index (χ0v) is 11.8. The molecule has 0 spiro atoms. The van der Waals surface area contributed by atoms with Crippen LogP contribution in [0.1, 0.15) is 0 Å². The molecule has 2 aromatic rings. The molecule has 0 unspecified atom stereocenters. The van der Waals surface area contributed by atoms with Gasteiger partial charge in [-0.05, 0) is 24.3 Å². The molecule has 0 aliphatic heterocycles. The Hall–Kier alpha value is -2.19. The van der Waals surface area contributed by atoms with Crippen LogP contribution in [-0.2, 0) is 0 Å². The van der Waals surface area contributed by atoms with Crippen molar-refractivity contribution < 1.29 is 9.53 Å². The lowest BCUT2D eigenvalue weighted by Gasteiger charge is -2.06. The van der Waals surface area contributed by atoms with Crippen molar-refractivity contribution in [3.8, 4) is 11.6 Å². The Morgan fingerprint density at radius 3 is 2.65 bits per heavy atom. The zero-order chi connectivity index (χ0) is 14.5. The quantitative estimate of drug-likeness (QED) is 0.905. The number of hydrogen-bond donors (Lipinski definition) is 2. The summed E-state index contributed by atoms with van der Waals surface area (Å²) < 4.78 is 12.6. The number of nitrogens with one attached hydrogen (secondary N) is 2. The zero-order valence-electron chi connectivity index (χ0n) is 10.2. The molecule has 1 aromatic carbocycles. The molecule has 0 fully saturated rings. The first-order valence-corrected chi connectivity index (χ1v) is 6.50. The molecule has 1 heterocycles. The van der Waals surface area contributed by atoms with E-state index in [1.54, 1.807) is 24.3 Å². The minimum absolute atomic E-state index is 0.137. The first-order chi connectivity index (χ1) is 9.60. The predicted octanol–water partition coefficient (Wildman–Crippen LogP) is 2.10. The molecular weight excluding hydrogens is 304 g/mol. The SMILES string of the molecule is CNC(=O)Nc1ccc(Oc2nsnc(Cl)c2=O)cc1. The number of halogens is 1. The average Bonchev–Trinajstić information content (AvgIpc) is 2.46. The summed E-state index contributed by atoms with van der Waals surface area (Å²) in [4.78, 5) is 22.7. The van der Waals surface area contributed by atoms with Crippen molar-refractivity contribution in [3.63, 3.8) is 0 Å². The van der Waals surface area contributed by atoms with Crippen LogP contribution in [0.15, 0.2) is 29.1 Å². The molecule has 0 radical (unpaired) electrons. The number of aromatic nitrogens is 2. The summed E-state index contributed by atoms with van der Waals surface area (Å²) in [6, 6.07) is 6.10. The highest BCUT2D eigenvalue weighted by atomic mass is 35.5. The number of carbonyl (C=O) groups is 1. The smallest absolute Gasteiger partial charge is 0.318 e. The Balaban J connectivity index is 2.13. The number of anilines is 1. The van der Waals surface area contributed by atoms with Crippen LogP contribution in [0.5, 0.6) is 11.6 Å². The average molecular weight is 313 g/mol. The van der Waals surface area contributed by atoms with Gasteiger partial charge in [-0.1, -0.05) is 11.6 Å². The number of hydrogen-bond acceptors (Lipinski definition) is 6. The summed E-state index contributed by atoms with van der Waals surface area (Å²) in [5.74, 6) is 0.258. The largest absolute Gasteiger partial charge is 0.435 e. The van der Waals surface area contributed by atoms with E-state index in [0.29, 0.717) is 11.4 Å². The lowest BCUT2D eigenvalue weighted by Crippen LogP contribution is -2.24. The summed E-state index contributed by atoms with van der Waals surface area (Å²) in [7, 11) is 1.52. The van der Waals surface area contributed by atoms with Crippen molar-refractivity contribution in [2.45, 2.75) is 0 Å². The molecule has 0 atom stereocenters. The van der Waals surface area contributed by atoms with Gasteiger partial charge in [-0.3, -0.25) is 4.79 Å². The summed E-state index contributed by atoms with van der Waals surface area (Å²) >= 11 is 6.37. The second-order valence-corrected chi connectivity index (χ2v) is 4.41. The van der Waals surface area contributed by atoms with Gasteiger partial charge in [0.1, 0.15) is 5.75 Å². The van der Waals surface area contributed by atoms with Crippen molar-refractivity contribution in [1.29, 1.82) is 0 Å². The fourth-order valence-corrected chi connectivity index (χ4v) is 1.80. The molecule has 104 valence electrons. The molecule has 1 aromatic heterocycles. The van der Waals surface area contributed by atoms with E-state index in [-0.39, 0.29) is 17.1 Å². The topological polar surface area (TPSA) is 93.2 Å². The third-order valence-corrected chi connectivity index (χ3v) is 3.05. The first kappa shape index (κ1) is 14.2. The molecule has 0 aliphatic carbocycles. The van der Waals surface area contributed by atoms with E-state index in [4.69, 9.17) is 16.3 Å². The molecule has 0 saturated heterocycles. The van der Waals surface area contributed by atoms with Gasteiger partial charge in [0.25, 0.3) is 11.3 Å². The number of ether oxygens (including phenoxy) is 1. The van der Waals surface area contributed by atoms with E-state index in [1.165, 1.54) is 7.05 Å². The maximum Gasteiger partial charge on any atom is 0.318 e. The molecule has 2 amide bonds. The fourth-order valence-electron chi connectivity index (χ4n) is 1.24. The second-order valence-electron chi connectivity index (χ2n) is 3.52. The summed E-state index contributed by atoms with van der Waals surface area (Å²) in [5, 5.41) is 4.84. The van der Waals surface area contributed by atoms with Crippen molar-refractivity contribution in [2.24, 2.45) is 0 Å². The van der Waals surface area contributed by atoms with Gasteiger partial charge in [0.15, 0.2) is 5.15 Å². The van der Waals surface area contributed by atoms with Crippen LogP contribution >= 0.6 is 23.3 Å². The number of nitrogens with zero attached hydrogens (tertiary/aromatic N) is 2. The molecule has 7 nitrogen and oxygen atoms in total. The second kappa shape index (κ2) is 6.31. The number of carbonyl (C=O) groups excluding carboxylic acids is 1. The molecular formula is C11H9ClN4O3S. The Labute approximate surface area is 122 Å². The van der Waals surface area contributed by atoms with Crippen molar-refractivity contribution in [1.82, 2.24) is 14.1 Å². The molecule has 0 saturated carbocycles. The highest BCUT2D eigenvalue weighted by Crippen LogP contribution is 2.20. The molecule has 20 heavy (non-hydrogen) atoms. The van der Waals surface area contributed by atoms with Gasteiger partial charge in [0, 0.05) is 12.7 Å². The number of benzene rings is 1. The number of amides is 2. The van der Waals surface area contributed by atoms with Crippen molar-refractivity contribution >= 4 is 35.0 Å². The van der Waals surface area contributed by atoms with Crippen molar-refractivity contribution in [3.05, 3.63) is 39.6 Å². The minimum Gasteiger partial charge on any atom is -0.435 e. The van der Waals surface area contributed by atoms with Crippen LogP contribution in [0, 0.1) is 0 Å². The number of rotatable bonds is 3. The van der Waals surface area contributed by atoms with Gasteiger partial charge in [0.2, 0.25) is 0 Å². The first-order valence-electron chi connectivity index (χ1n) is 5.39.